The summed E-state index contributed by atoms with van der Waals surface area (Å²) in [6.45, 7) is 2.00. The first-order valence-electron chi connectivity index (χ1n) is 7.46. The van der Waals surface area contributed by atoms with Gasteiger partial charge >= 0.3 is 5.97 Å². The lowest BCUT2D eigenvalue weighted by Gasteiger charge is -2.18. The summed E-state index contributed by atoms with van der Waals surface area (Å²) in [4.78, 5) is 25.5. The van der Waals surface area contributed by atoms with E-state index in [9.17, 15) is 9.59 Å². The van der Waals surface area contributed by atoms with Crippen LogP contribution in [0.15, 0.2) is 30.3 Å². The molecular formula is C17H18O3. The molecule has 3 aliphatic rings. The van der Waals surface area contributed by atoms with Gasteiger partial charge in [-0.05, 0) is 37.2 Å². The lowest BCUT2D eigenvalue weighted by atomic mass is 9.85. The zero-order valence-corrected chi connectivity index (χ0v) is 11.6. The number of carbonyl (C=O) groups excluding carboxylic acids is 2. The second-order valence-electron chi connectivity index (χ2n) is 6.47. The van der Waals surface area contributed by atoms with E-state index in [4.69, 9.17) is 4.74 Å². The highest BCUT2D eigenvalue weighted by Crippen LogP contribution is 2.71. The van der Waals surface area contributed by atoms with Crippen molar-refractivity contribution in [2.45, 2.75) is 44.1 Å². The highest BCUT2D eigenvalue weighted by Gasteiger charge is 2.80. The molecule has 20 heavy (non-hydrogen) atoms. The summed E-state index contributed by atoms with van der Waals surface area (Å²) in [7, 11) is 0. The molecule has 1 aromatic rings. The van der Waals surface area contributed by atoms with E-state index in [2.05, 4.69) is 0 Å². The maximum absolute atomic E-state index is 13.0. The van der Waals surface area contributed by atoms with Gasteiger partial charge in [-0.2, -0.15) is 0 Å². The minimum absolute atomic E-state index is 0.00340. The summed E-state index contributed by atoms with van der Waals surface area (Å²) in [6, 6.07) is 9.90. The normalized spacial score (nSPS) is 37.6. The monoisotopic (exact) mass is 270 g/mol. The van der Waals surface area contributed by atoms with Gasteiger partial charge in [-0.3, -0.25) is 9.59 Å². The van der Waals surface area contributed by atoms with Crippen molar-refractivity contribution in [3.05, 3.63) is 35.9 Å². The zero-order valence-electron chi connectivity index (χ0n) is 11.6. The third kappa shape index (κ3) is 1.22. The molecule has 0 N–H and O–H groups in total. The molecule has 2 spiro atoms. The molecule has 3 atom stereocenters. The minimum atomic E-state index is -0.883. The molecule has 3 fully saturated rings. The third-order valence-corrected chi connectivity index (χ3v) is 5.58. The van der Waals surface area contributed by atoms with Gasteiger partial charge in [-0.1, -0.05) is 37.3 Å². The highest BCUT2D eigenvalue weighted by atomic mass is 16.6. The molecule has 1 saturated heterocycles. The molecule has 1 aromatic carbocycles. The van der Waals surface area contributed by atoms with Crippen LogP contribution >= 0.6 is 0 Å². The SMILES string of the molecule is CC1[C@H](c2ccccc2)C12C(=O)OC1(CCCC1)C2=O. The standard InChI is InChI=1S/C17H18O3/c1-11-13(12-7-3-2-4-8-12)17(11)14(18)16(20-15(17)19)9-5-6-10-16/h2-4,7-8,11,13H,5-6,9-10H2,1H3/t11?,13-,17?/m1/s1. The van der Waals surface area contributed by atoms with Crippen molar-refractivity contribution >= 4 is 11.8 Å². The van der Waals surface area contributed by atoms with Crippen molar-refractivity contribution < 1.29 is 14.3 Å². The van der Waals surface area contributed by atoms with Gasteiger partial charge in [0.15, 0.2) is 11.4 Å². The van der Waals surface area contributed by atoms with E-state index in [-0.39, 0.29) is 23.6 Å². The molecule has 2 aliphatic carbocycles. The number of hydrogen-bond acceptors (Lipinski definition) is 3. The predicted octanol–water partition coefficient (Wildman–Crippen LogP) is 2.85. The van der Waals surface area contributed by atoms with Gasteiger partial charge < -0.3 is 4.74 Å². The Hall–Kier alpha value is -1.64. The van der Waals surface area contributed by atoms with Crippen LogP contribution in [0.5, 0.6) is 0 Å². The number of hydrogen-bond donors (Lipinski definition) is 0. The lowest BCUT2D eigenvalue weighted by molar-refractivity contribution is -0.152. The predicted molar refractivity (Wildman–Crippen MR) is 73.1 cm³/mol. The number of esters is 1. The fourth-order valence-corrected chi connectivity index (χ4v) is 4.49. The van der Waals surface area contributed by atoms with Crippen LogP contribution in [-0.2, 0) is 14.3 Å². The summed E-state index contributed by atoms with van der Waals surface area (Å²) in [5, 5.41) is 0. The Morgan fingerprint density at radius 3 is 2.40 bits per heavy atom. The van der Waals surface area contributed by atoms with Gasteiger partial charge in [-0.25, -0.2) is 0 Å². The molecule has 2 unspecified atom stereocenters. The molecule has 0 radical (unpaired) electrons. The van der Waals surface area contributed by atoms with Crippen LogP contribution < -0.4 is 0 Å². The van der Waals surface area contributed by atoms with Crippen LogP contribution in [0.2, 0.25) is 0 Å². The number of Topliss-reactive ketones (excluding diaryl/α,β-unsaturated/α-hetero) is 1. The smallest absolute Gasteiger partial charge is 0.321 e. The van der Waals surface area contributed by atoms with Gasteiger partial charge in [0.25, 0.3) is 0 Å². The first-order valence-corrected chi connectivity index (χ1v) is 7.46. The van der Waals surface area contributed by atoms with Crippen LogP contribution in [-0.4, -0.2) is 17.4 Å². The fraction of sp³-hybridized carbons (Fsp3) is 0.529. The zero-order chi connectivity index (χ0) is 14.0. The Morgan fingerprint density at radius 2 is 1.75 bits per heavy atom. The quantitative estimate of drug-likeness (QED) is 0.582. The van der Waals surface area contributed by atoms with E-state index < -0.39 is 11.0 Å². The second kappa shape index (κ2) is 3.72. The van der Waals surface area contributed by atoms with Crippen LogP contribution in [0, 0.1) is 11.3 Å². The van der Waals surface area contributed by atoms with Crippen molar-refractivity contribution in [3.63, 3.8) is 0 Å². The highest BCUT2D eigenvalue weighted by molar-refractivity contribution is 6.17. The van der Waals surface area contributed by atoms with Gasteiger partial charge in [-0.15, -0.1) is 0 Å². The van der Waals surface area contributed by atoms with Crippen LogP contribution in [0.1, 0.15) is 44.1 Å². The summed E-state index contributed by atoms with van der Waals surface area (Å²) < 4.78 is 5.63. The van der Waals surface area contributed by atoms with E-state index in [1.807, 2.05) is 37.3 Å². The summed E-state index contributed by atoms with van der Waals surface area (Å²) in [5.41, 5.74) is -0.582. The summed E-state index contributed by atoms with van der Waals surface area (Å²) >= 11 is 0. The van der Waals surface area contributed by atoms with Crippen molar-refractivity contribution in [1.82, 2.24) is 0 Å². The number of carbonyl (C=O) groups is 2. The Morgan fingerprint density at radius 1 is 1.10 bits per heavy atom. The van der Waals surface area contributed by atoms with Gasteiger partial charge in [0.2, 0.25) is 0 Å². The van der Waals surface area contributed by atoms with Crippen LogP contribution in [0.25, 0.3) is 0 Å². The van der Waals surface area contributed by atoms with E-state index in [0.29, 0.717) is 12.8 Å². The lowest BCUT2D eigenvalue weighted by Crippen LogP contribution is -2.35. The maximum atomic E-state index is 13.0. The van der Waals surface area contributed by atoms with E-state index in [1.54, 1.807) is 0 Å². The first kappa shape index (κ1) is 12.1. The number of ether oxygens (including phenoxy) is 1. The average Bonchev–Trinajstić information content (AvgIpc) is 2.77. The average molecular weight is 270 g/mol. The minimum Gasteiger partial charge on any atom is -0.450 e. The molecule has 2 saturated carbocycles. The summed E-state index contributed by atoms with van der Waals surface area (Å²) in [5.74, 6) is -0.145. The van der Waals surface area contributed by atoms with Crippen molar-refractivity contribution in [2.24, 2.45) is 11.3 Å². The van der Waals surface area contributed by atoms with Gasteiger partial charge in [0.1, 0.15) is 5.41 Å². The molecule has 0 aromatic heterocycles. The largest absolute Gasteiger partial charge is 0.450 e. The van der Waals surface area contributed by atoms with E-state index in [1.165, 1.54) is 0 Å². The second-order valence-corrected chi connectivity index (χ2v) is 6.47. The molecular weight excluding hydrogens is 252 g/mol. The molecule has 0 bridgehead atoms. The molecule has 3 nitrogen and oxygen atoms in total. The summed E-state index contributed by atoms with van der Waals surface area (Å²) in [6.07, 6.45) is 3.40. The Bertz CT molecular complexity index is 586. The van der Waals surface area contributed by atoms with Crippen molar-refractivity contribution in [3.8, 4) is 0 Å². The fourth-order valence-electron chi connectivity index (χ4n) is 4.49. The van der Waals surface area contributed by atoms with Crippen molar-refractivity contribution in [1.29, 1.82) is 0 Å². The number of benzene rings is 1. The Kier molecular flexibility index (Phi) is 2.25. The molecule has 0 amide bonds. The maximum Gasteiger partial charge on any atom is 0.321 e. The molecule has 104 valence electrons. The third-order valence-electron chi connectivity index (χ3n) is 5.58. The molecule has 4 rings (SSSR count). The Labute approximate surface area is 118 Å². The topological polar surface area (TPSA) is 43.4 Å². The van der Waals surface area contributed by atoms with Gasteiger partial charge in [0, 0.05) is 5.92 Å². The number of ketones is 1. The first-order chi connectivity index (χ1) is 9.63. The number of rotatable bonds is 1. The van der Waals surface area contributed by atoms with Gasteiger partial charge in [0.05, 0.1) is 0 Å². The molecule has 1 heterocycles. The Balaban J connectivity index is 1.75. The van der Waals surface area contributed by atoms with Crippen LogP contribution in [0.3, 0.4) is 0 Å². The van der Waals surface area contributed by atoms with E-state index in [0.717, 1.165) is 18.4 Å². The van der Waals surface area contributed by atoms with Crippen LogP contribution in [0.4, 0.5) is 0 Å². The molecule has 1 aliphatic heterocycles. The molecule has 3 heteroatoms. The van der Waals surface area contributed by atoms with Crippen molar-refractivity contribution in [2.75, 3.05) is 0 Å². The van der Waals surface area contributed by atoms with E-state index >= 15 is 0 Å².